The van der Waals surface area contributed by atoms with Gasteiger partial charge in [-0.15, -0.1) is 0 Å². The number of aromatic amines is 1. The zero-order valence-electron chi connectivity index (χ0n) is 18.2. The van der Waals surface area contributed by atoms with Crippen LogP contribution in [0.5, 0.6) is 0 Å². The van der Waals surface area contributed by atoms with E-state index >= 15 is 0 Å². The largest absolute Gasteiger partial charge is 0.381 e. The van der Waals surface area contributed by atoms with Crippen molar-refractivity contribution in [2.24, 2.45) is 5.73 Å². The third kappa shape index (κ3) is 3.67. The second-order valence-electron chi connectivity index (χ2n) is 8.55. The third-order valence-corrected chi connectivity index (χ3v) is 6.66. The molecule has 2 atom stereocenters. The summed E-state index contributed by atoms with van der Waals surface area (Å²) in [7, 11) is 1.29. The highest BCUT2D eigenvalue weighted by atomic mass is 16.8. The second-order valence-corrected chi connectivity index (χ2v) is 8.55. The van der Waals surface area contributed by atoms with Crippen LogP contribution in [0.4, 0.5) is 11.4 Å². The van der Waals surface area contributed by atoms with E-state index in [1.54, 1.807) is 30.5 Å². The van der Waals surface area contributed by atoms with Gasteiger partial charge in [0.05, 0.1) is 16.2 Å². The third-order valence-electron chi connectivity index (χ3n) is 6.66. The summed E-state index contributed by atoms with van der Waals surface area (Å²) in [6.45, 7) is 0. The summed E-state index contributed by atoms with van der Waals surface area (Å²) in [6.07, 6.45) is 6.68. The highest BCUT2D eigenvalue weighted by Crippen LogP contribution is 2.39. The molecule has 2 saturated heterocycles. The van der Waals surface area contributed by atoms with Gasteiger partial charge in [0.2, 0.25) is 0 Å². The maximum Gasteiger partial charge on any atom is 0.316 e. The van der Waals surface area contributed by atoms with E-state index in [2.05, 4.69) is 20.1 Å². The number of benzene rings is 1. The normalized spacial score (nSPS) is 21.7. The number of rotatable bonds is 6. The van der Waals surface area contributed by atoms with E-state index in [1.807, 2.05) is 11.0 Å². The summed E-state index contributed by atoms with van der Waals surface area (Å²) in [5.74, 6) is -0.561. The number of hydrogen-bond donors (Lipinski definition) is 3. The summed E-state index contributed by atoms with van der Waals surface area (Å²) in [5.41, 5.74) is 8.21. The molecule has 0 saturated carbocycles. The molecule has 2 amide bonds. The standard InChI is InChI=1S/C23H24N6O4/c1-33-29(32)15-4-2-13(3-5-15)23(31)28-16-6-7-17(28)11-14(10-16)27-20-18-8-9-25-22(18)26-12-19(20)21(24)30/h2-5,8-9,12,14,16-17H,6-7,10-11H2,1H3,(H3-,24,25,26,27,30,31,32)/p+1/t16-,17-/m0/s1. The maximum atomic E-state index is 13.3. The average Bonchev–Trinajstić information content (AvgIpc) is 3.40. The molecule has 0 spiro atoms. The molecule has 170 valence electrons. The van der Waals surface area contributed by atoms with Crippen molar-refractivity contribution in [3.8, 4) is 0 Å². The lowest BCUT2D eigenvalue weighted by molar-refractivity contribution is -0.736. The first-order valence-electron chi connectivity index (χ1n) is 10.9. The Morgan fingerprint density at radius 1 is 1.18 bits per heavy atom. The first-order chi connectivity index (χ1) is 16.0. The zero-order valence-corrected chi connectivity index (χ0v) is 18.2. The Balaban J connectivity index is 1.34. The molecular weight excluding hydrogens is 424 g/mol. The van der Waals surface area contributed by atoms with Gasteiger partial charge in [-0.25, -0.2) is 9.82 Å². The number of aromatic nitrogens is 2. The number of nitrogens with one attached hydrogen (secondary N) is 2. The lowest BCUT2D eigenvalue weighted by Gasteiger charge is -2.39. The van der Waals surface area contributed by atoms with Crippen LogP contribution in [-0.4, -0.2) is 56.8 Å². The van der Waals surface area contributed by atoms with E-state index < -0.39 is 5.91 Å². The first kappa shape index (κ1) is 20.9. The number of hydrogen-bond acceptors (Lipinski definition) is 6. The SMILES string of the molecule is CO[N+](=O)c1ccc(C(=O)N2[C@H]3CC[C@H]2CC(Nc2c(C(N)=O)cnc4[nH]ccc24)C3)cc1. The minimum atomic E-state index is -0.530. The molecule has 1 aromatic carbocycles. The molecule has 33 heavy (non-hydrogen) atoms. The van der Waals surface area contributed by atoms with Crippen molar-refractivity contribution < 1.29 is 19.3 Å². The van der Waals surface area contributed by atoms with Gasteiger partial charge >= 0.3 is 5.69 Å². The van der Waals surface area contributed by atoms with Crippen molar-refractivity contribution in [3.05, 3.63) is 58.8 Å². The minimum absolute atomic E-state index is 0.0304. The van der Waals surface area contributed by atoms with Crippen molar-refractivity contribution in [3.63, 3.8) is 0 Å². The average molecular weight is 449 g/mol. The Bertz CT molecular complexity index is 1220. The highest BCUT2D eigenvalue weighted by molar-refractivity contribution is 6.06. The molecule has 0 radical (unpaired) electrons. The van der Waals surface area contributed by atoms with Crippen molar-refractivity contribution >= 4 is 34.2 Å². The number of pyridine rings is 1. The van der Waals surface area contributed by atoms with Gasteiger partial charge in [0.1, 0.15) is 5.65 Å². The molecule has 4 heterocycles. The fourth-order valence-corrected chi connectivity index (χ4v) is 5.16. The van der Waals surface area contributed by atoms with Gasteiger partial charge in [0.25, 0.3) is 16.7 Å². The van der Waals surface area contributed by atoms with Crippen LogP contribution in [0.1, 0.15) is 46.4 Å². The lowest BCUT2D eigenvalue weighted by atomic mass is 9.95. The van der Waals surface area contributed by atoms with Gasteiger partial charge in [-0.05, 0) is 43.9 Å². The van der Waals surface area contributed by atoms with Crippen LogP contribution in [0.15, 0.2) is 42.7 Å². The number of carbonyl (C=O) groups excluding carboxylic acids is 2. The smallest absolute Gasteiger partial charge is 0.316 e. The highest BCUT2D eigenvalue weighted by Gasteiger charge is 2.43. The molecule has 10 nitrogen and oxygen atoms in total. The van der Waals surface area contributed by atoms with Crippen LogP contribution < -0.4 is 11.1 Å². The van der Waals surface area contributed by atoms with E-state index in [0.717, 1.165) is 31.1 Å². The number of fused-ring (bicyclic) bond motifs is 3. The van der Waals surface area contributed by atoms with Crippen molar-refractivity contribution in [2.75, 3.05) is 12.4 Å². The van der Waals surface area contributed by atoms with Gasteiger partial charge in [0, 0.05) is 53.6 Å². The van der Waals surface area contributed by atoms with E-state index in [4.69, 9.17) is 5.73 Å². The van der Waals surface area contributed by atoms with Crippen LogP contribution in [0, 0.1) is 4.91 Å². The Hall–Kier alpha value is -3.95. The number of carbonyl (C=O) groups is 2. The quantitative estimate of drug-likeness (QED) is 0.496. The Kier molecular flexibility index (Phi) is 5.20. The summed E-state index contributed by atoms with van der Waals surface area (Å²) in [4.78, 5) is 51.2. The van der Waals surface area contributed by atoms with Crippen molar-refractivity contribution in [2.45, 2.75) is 43.8 Å². The minimum Gasteiger partial charge on any atom is -0.381 e. The van der Waals surface area contributed by atoms with Crippen molar-refractivity contribution in [1.82, 2.24) is 14.9 Å². The summed E-state index contributed by atoms with van der Waals surface area (Å²) in [6, 6.07) is 8.65. The zero-order chi connectivity index (χ0) is 23.1. The Morgan fingerprint density at radius 2 is 1.88 bits per heavy atom. The lowest BCUT2D eigenvalue weighted by Crippen LogP contribution is -2.49. The van der Waals surface area contributed by atoms with Crippen molar-refractivity contribution in [1.29, 1.82) is 0 Å². The number of piperidine rings is 1. The summed E-state index contributed by atoms with van der Waals surface area (Å²) in [5, 5.41) is 4.35. The number of H-pyrrole nitrogens is 1. The van der Waals surface area contributed by atoms with E-state index in [9.17, 15) is 14.5 Å². The monoisotopic (exact) mass is 449 g/mol. The topological polar surface area (TPSA) is 133 Å². The van der Waals surface area contributed by atoms with Crippen LogP contribution in [-0.2, 0) is 4.84 Å². The number of anilines is 1. The van der Waals surface area contributed by atoms with Gasteiger partial charge < -0.3 is 20.9 Å². The number of nitrogens with two attached hydrogens (primary N) is 1. The Morgan fingerprint density at radius 3 is 2.52 bits per heavy atom. The van der Waals surface area contributed by atoms with Gasteiger partial charge in [-0.2, -0.15) is 0 Å². The second kappa shape index (κ2) is 8.19. The number of primary amides is 1. The summed E-state index contributed by atoms with van der Waals surface area (Å²) >= 11 is 0. The summed E-state index contributed by atoms with van der Waals surface area (Å²) < 4.78 is 0. The maximum absolute atomic E-state index is 13.3. The molecule has 2 fully saturated rings. The number of amides is 2. The molecule has 0 unspecified atom stereocenters. The first-order valence-corrected chi connectivity index (χ1v) is 10.9. The molecule has 3 aromatic rings. The molecule has 0 aliphatic carbocycles. The van der Waals surface area contributed by atoms with Gasteiger partial charge in [-0.3, -0.25) is 9.59 Å². The van der Waals surface area contributed by atoms with Crippen LogP contribution >= 0.6 is 0 Å². The molecule has 2 aromatic heterocycles. The van der Waals surface area contributed by atoms with E-state index in [-0.39, 0.29) is 24.0 Å². The van der Waals surface area contributed by atoms with E-state index in [1.165, 1.54) is 13.3 Å². The fraction of sp³-hybridized carbons (Fsp3) is 0.348. The molecule has 2 aliphatic rings. The van der Waals surface area contributed by atoms with E-state index in [0.29, 0.717) is 33.1 Å². The predicted molar refractivity (Wildman–Crippen MR) is 121 cm³/mol. The molecular formula is C23H25N6O4+. The van der Waals surface area contributed by atoms with Gasteiger partial charge in [-0.1, -0.05) is 0 Å². The van der Waals surface area contributed by atoms with Crippen LogP contribution in [0.25, 0.3) is 11.0 Å². The number of nitrogens with zero attached hydrogens (tertiary/aromatic N) is 3. The van der Waals surface area contributed by atoms with Gasteiger partial charge in [0.15, 0.2) is 7.11 Å². The molecule has 4 N–H and O–H groups in total. The van der Waals surface area contributed by atoms with Crippen LogP contribution in [0.3, 0.4) is 0 Å². The molecule has 10 heteroatoms. The molecule has 2 bridgehead atoms. The Labute approximate surface area is 189 Å². The van der Waals surface area contributed by atoms with Crippen LogP contribution in [0.2, 0.25) is 0 Å². The molecule has 5 rings (SSSR count). The predicted octanol–water partition coefficient (Wildman–Crippen LogP) is 2.88. The molecule has 2 aliphatic heterocycles. The fourth-order valence-electron chi connectivity index (χ4n) is 5.16.